The van der Waals surface area contributed by atoms with Crippen LogP contribution in [0.15, 0.2) is 30.3 Å². The van der Waals surface area contributed by atoms with Crippen LogP contribution in [0, 0.1) is 11.6 Å². The van der Waals surface area contributed by atoms with Crippen molar-refractivity contribution >= 4 is 17.3 Å². The van der Waals surface area contributed by atoms with Gasteiger partial charge in [0.1, 0.15) is 23.1 Å². The molecular formula is C17H16F2N2O3. The van der Waals surface area contributed by atoms with Crippen molar-refractivity contribution in [2.45, 2.75) is 19.4 Å². The Bertz CT molecular complexity index is 796. The summed E-state index contributed by atoms with van der Waals surface area (Å²) in [6, 6.07) is 6.30. The summed E-state index contributed by atoms with van der Waals surface area (Å²) in [6.07, 6.45) is -0.485. The third-order valence-electron chi connectivity index (χ3n) is 3.79. The summed E-state index contributed by atoms with van der Waals surface area (Å²) in [6.45, 7) is 1.94. The molecule has 1 aliphatic heterocycles. The van der Waals surface area contributed by atoms with Crippen LogP contribution in [0.3, 0.4) is 0 Å². The van der Waals surface area contributed by atoms with Crippen LogP contribution in [0.1, 0.15) is 12.5 Å². The van der Waals surface area contributed by atoms with E-state index in [2.05, 4.69) is 10.6 Å². The van der Waals surface area contributed by atoms with Gasteiger partial charge in [0, 0.05) is 12.1 Å². The SMILES string of the molecule is CCc1cc(F)c(NC(=O)C2CNc3ccc(F)cc3O2)cc1O. The van der Waals surface area contributed by atoms with Crippen molar-refractivity contribution in [1.82, 2.24) is 0 Å². The lowest BCUT2D eigenvalue weighted by Gasteiger charge is -2.26. The number of phenolic OH excluding ortho intramolecular Hbond substituents is 1. The van der Waals surface area contributed by atoms with Crippen LogP contribution in [0.4, 0.5) is 20.2 Å². The average molecular weight is 334 g/mol. The number of aromatic hydroxyl groups is 1. The van der Waals surface area contributed by atoms with Gasteiger partial charge < -0.3 is 20.5 Å². The number of carbonyl (C=O) groups is 1. The molecule has 1 unspecified atom stereocenters. The second-order valence-corrected chi connectivity index (χ2v) is 5.43. The van der Waals surface area contributed by atoms with E-state index in [-0.39, 0.29) is 23.7 Å². The van der Waals surface area contributed by atoms with Gasteiger partial charge in [-0.25, -0.2) is 8.78 Å². The molecule has 0 spiro atoms. The molecular weight excluding hydrogens is 318 g/mol. The Hall–Kier alpha value is -2.83. The molecule has 3 rings (SSSR count). The molecule has 5 nitrogen and oxygen atoms in total. The molecule has 24 heavy (non-hydrogen) atoms. The molecule has 0 fully saturated rings. The second-order valence-electron chi connectivity index (χ2n) is 5.43. The van der Waals surface area contributed by atoms with Gasteiger partial charge in [0.05, 0.1) is 17.9 Å². The van der Waals surface area contributed by atoms with Gasteiger partial charge in [-0.3, -0.25) is 4.79 Å². The van der Waals surface area contributed by atoms with Crippen molar-refractivity contribution in [2.75, 3.05) is 17.2 Å². The van der Waals surface area contributed by atoms with Gasteiger partial charge >= 0.3 is 0 Å². The van der Waals surface area contributed by atoms with E-state index in [1.54, 1.807) is 6.92 Å². The number of rotatable bonds is 3. The topological polar surface area (TPSA) is 70.6 Å². The van der Waals surface area contributed by atoms with Crippen LogP contribution in [-0.2, 0) is 11.2 Å². The molecule has 0 aliphatic carbocycles. The summed E-state index contributed by atoms with van der Waals surface area (Å²) in [5.41, 5.74) is 0.894. The fourth-order valence-electron chi connectivity index (χ4n) is 2.48. The Morgan fingerprint density at radius 3 is 2.92 bits per heavy atom. The normalized spacial score (nSPS) is 15.9. The number of amides is 1. The number of nitrogens with one attached hydrogen (secondary N) is 2. The van der Waals surface area contributed by atoms with Crippen LogP contribution in [0.5, 0.6) is 11.5 Å². The lowest BCUT2D eigenvalue weighted by atomic mass is 10.1. The highest BCUT2D eigenvalue weighted by atomic mass is 19.1. The van der Waals surface area contributed by atoms with Gasteiger partial charge in [0.25, 0.3) is 5.91 Å². The molecule has 3 N–H and O–H groups in total. The summed E-state index contributed by atoms with van der Waals surface area (Å²) >= 11 is 0. The minimum absolute atomic E-state index is 0.0932. The average Bonchev–Trinajstić information content (AvgIpc) is 2.57. The highest BCUT2D eigenvalue weighted by Gasteiger charge is 2.27. The molecule has 2 aromatic rings. The molecule has 1 amide bonds. The Morgan fingerprint density at radius 2 is 2.17 bits per heavy atom. The summed E-state index contributed by atoms with van der Waals surface area (Å²) in [4.78, 5) is 12.3. The maximum atomic E-state index is 14.0. The molecule has 126 valence electrons. The van der Waals surface area contributed by atoms with E-state index in [1.165, 1.54) is 24.3 Å². The van der Waals surface area contributed by atoms with Gasteiger partial charge in [0.2, 0.25) is 0 Å². The largest absolute Gasteiger partial charge is 0.508 e. The molecule has 1 atom stereocenters. The number of anilines is 2. The molecule has 0 bridgehead atoms. The number of hydrogen-bond donors (Lipinski definition) is 3. The fraction of sp³-hybridized carbons (Fsp3) is 0.235. The molecule has 0 saturated carbocycles. The number of phenols is 1. The number of halogens is 2. The number of aryl methyl sites for hydroxylation is 1. The molecule has 0 saturated heterocycles. The van der Waals surface area contributed by atoms with E-state index < -0.39 is 23.6 Å². The number of fused-ring (bicyclic) bond motifs is 1. The minimum atomic E-state index is -0.952. The van der Waals surface area contributed by atoms with E-state index in [0.717, 1.165) is 6.07 Å². The molecule has 7 heteroatoms. The summed E-state index contributed by atoms with van der Waals surface area (Å²) in [5.74, 6) is -1.61. The third kappa shape index (κ3) is 3.10. The maximum Gasteiger partial charge on any atom is 0.267 e. The Balaban J connectivity index is 1.75. The summed E-state index contributed by atoms with van der Waals surface area (Å²) in [7, 11) is 0. The first kappa shape index (κ1) is 16.0. The summed E-state index contributed by atoms with van der Waals surface area (Å²) in [5, 5.41) is 15.1. The van der Waals surface area contributed by atoms with Crippen molar-refractivity contribution in [3.05, 3.63) is 47.5 Å². The predicted octanol–water partition coefficient (Wildman–Crippen LogP) is 3.04. The number of carbonyl (C=O) groups excluding carboxylic acids is 1. The number of hydrogen-bond acceptors (Lipinski definition) is 4. The summed E-state index contributed by atoms with van der Waals surface area (Å²) < 4.78 is 32.7. The van der Waals surface area contributed by atoms with E-state index in [9.17, 15) is 18.7 Å². The molecule has 0 radical (unpaired) electrons. The van der Waals surface area contributed by atoms with E-state index in [1.807, 2.05) is 0 Å². The molecule has 2 aromatic carbocycles. The zero-order valence-electron chi connectivity index (χ0n) is 12.9. The zero-order valence-corrected chi connectivity index (χ0v) is 12.9. The Morgan fingerprint density at radius 1 is 1.38 bits per heavy atom. The number of benzene rings is 2. The maximum absolute atomic E-state index is 14.0. The molecule has 0 aromatic heterocycles. The fourth-order valence-corrected chi connectivity index (χ4v) is 2.48. The second kappa shape index (κ2) is 6.35. The van der Waals surface area contributed by atoms with Gasteiger partial charge in [0.15, 0.2) is 6.10 Å². The Kier molecular flexibility index (Phi) is 4.24. The first-order valence-electron chi connectivity index (χ1n) is 7.50. The highest BCUT2D eigenvalue weighted by Crippen LogP contribution is 2.30. The van der Waals surface area contributed by atoms with E-state index in [4.69, 9.17) is 4.74 Å². The van der Waals surface area contributed by atoms with Crippen molar-refractivity contribution in [2.24, 2.45) is 0 Å². The van der Waals surface area contributed by atoms with Crippen LogP contribution >= 0.6 is 0 Å². The van der Waals surface area contributed by atoms with Gasteiger partial charge in [-0.15, -0.1) is 0 Å². The number of ether oxygens (including phenoxy) is 1. The van der Waals surface area contributed by atoms with Crippen molar-refractivity contribution in [3.8, 4) is 11.5 Å². The van der Waals surface area contributed by atoms with Gasteiger partial charge in [-0.1, -0.05) is 6.92 Å². The molecule has 1 aliphatic rings. The van der Waals surface area contributed by atoms with Gasteiger partial charge in [-0.05, 0) is 30.2 Å². The first-order valence-corrected chi connectivity index (χ1v) is 7.50. The van der Waals surface area contributed by atoms with E-state index in [0.29, 0.717) is 17.7 Å². The molecule has 1 heterocycles. The van der Waals surface area contributed by atoms with Crippen LogP contribution < -0.4 is 15.4 Å². The van der Waals surface area contributed by atoms with Crippen LogP contribution in [-0.4, -0.2) is 23.7 Å². The lowest BCUT2D eigenvalue weighted by molar-refractivity contribution is -0.122. The highest BCUT2D eigenvalue weighted by molar-refractivity contribution is 5.95. The zero-order chi connectivity index (χ0) is 17.3. The van der Waals surface area contributed by atoms with Crippen LogP contribution in [0.2, 0.25) is 0 Å². The van der Waals surface area contributed by atoms with E-state index >= 15 is 0 Å². The van der Waals surface area contributed by atoms with Crippen molar-refractivity contribution in [3.63, 3.8) is 0 Å². The van der Waals surface area contributed by atoms with Crippen LogP contribution in [0.25, 0.3) is 0 Å². The standard InChI is InChI=1S/C17H16F2N2O3/c1-2-9-5-11(19)13(7-14(9)22)21-17(23)16-8-20-12-4-3-10(18)6-15(12)24-16/h3-7,16,20,22H,2,8H2,1H3,(H,21,23). The smallest absolute Gasteiger partial charge is 0.267 e. The Labute approximate surface area is 137 Å². The quantitative estimate of drug-likeness (QED) is 0.807. The monoisotopic (exact) mass is 334 g/mol. The first-order chi connectivity index (χ1) is 11.5. The lowest BCUT2D eigenvalue weighted by Crippen LogP contribution is -2.41. The van der Waals surface area contributed by atoms with Gasteiger partial charge in [-0.2, -0.15) is 0 Å². The third-order valence-corrected chi connectivity index (χ3v) is 3.79. The predicted molar refractivity (Wildman–Crippen MR) is 85.4 cm³/mol. The van der Waals surface area contributed by atoms with Crippen molar-refractivity contribution in [1.29, 1.82) is 0 Å². The minimum Gasteiger partial charge on any atom is -0.508 e. The van der Waals surface area contributed by atoms with Crippen molar-refractivity contribution < 1.29 is 23.4 Å².